The van der Waals surface area contributed by atoms with E-state index in [0.29, 0.717) is 6.54 Å². The normalized spacial score (nSPS) is 40.0. The Morgan fingerprint density at radius 2 is 2.21 bits per heavy atom. The van der Waals surface area contributed by atoms with Gasteiger partial charge in [-0.2, -0.15) is 0 Å². The summed E-state index contributed by atoms with van der Waals surface area (Å²) in [7, 11) is -0.681. The van der Waals surface area contributed by atoms with Gasteiger partial charge in [0, 0.05) is 28.3 Å². The Hall–Kier alpha value is 0.110. The van der Waals surface area contributed by atoms with Crippen molar-refractivity contribution in [2.75, 3.05) is 12.3 Å². The van der Waals surface area contributed by atoms with Crippen LogP contribution in [0.15, 0.2) is 0 Å². The largest absolute Gasteiger partial charge is 0.329 e. The smallest absolute Gasteiger partial charge is 0.0442 e. The summed E-state index contributed by atoms with van der Waals surface area (Å²) in [5.41, 5.74) is 5.53. The molecule has 5 atom stereocenters. The summed E-state index contributed by atoms with van der Waals surface area (Å²) in [6.45, 7) is 2.57. The molecule has 0 saturated heterocycles. The summed E-state index contributed by atoms with van der Waals surface area (Å²) < 4.78 is 11.8. The van der Waals surface area contributed by atoms with Crippen molar-refractivity contribution in [3.05, 3.63) is 0 Å². The number of fused-ring (bicyclic) bond motifs is 2. The van der Waals surface area contributed by atoms with Gasteiger partial charge < -0.3 is 5.73 Å². The lowest BCUT2D eigenvalue weighted by atomic mass is 9.90. The highest BCUT2D eigenvalue weighted by molar-refractivity contribution is 7.85. The molecule has 0 aromatic carbocycles. The topological polar surface area (TPSA) is 43.1 Å². The SMILES string of the molecule is CC(CN)S(=O)CC1CC2CCC1C2. The molecule has 2 rings (SSSR count). The minimum absolute atomic E-state index is 0.189. The van der Waals surface area contributed by atoms with Crippen LogP contribution in [0.3, 0.4) is 0 Å². The minimum atomic E-state index is -0.681. The van der Waals surface area contributed by atoms with E-state index in [-0.39, 0.29) is 5.25 Å². The molecule has 0 radical (unpaired) electrons. The molecule has 0 spiro atoms. The van der Waals surface area contributed by atoms with E-state index in [1.54, 1.807) is 0 Å². The fourth-order valence-corrected chi connectivity index (χ4v) is 4.44. The maximum Gasteiger partial charge on any atom is 0.0442 e. The molecule has 0 heterocycles. The zero-order valence-corrected chi connectivity index (χ0v) is 9.76. The van der Waals surface area contributed by atoms with E-state index in [1.807, 2.05) is 6.92 Å². The molecule has 2 aliphatic carbocycles. The van der Waals surface area contributed by atoms with Crippen LogP contribution in [0.1, 0.15) is 32.6 Å². The van der Waals surface area contributed by atoms with Gasteiger partial charge in [-0.1, -0.05) is 6.42 Å². The molecule has 2 aliphatic rings. The van der Waals surface area contributed by atoms with Crippen molar-refractivity contribution in [2.45, 2.75) is 37.9 Å². The van der Waals surface area contributed by atoms with E-state index in [0.717, 1.165) is 23.5 Å². The van der Waals surface area contributed by atoms with Crippen LogP contribution in [0, 0.1) is 17.8 Å². The van der Waals surface area contributed by atoms with Gasteiger partial charge in [0.2, 0.25) is 0 Å². The number of nitrogens with two attached hydrogens (primary N) is 1. The molecule has 2 nitrogen and oxygen atoms in total. The minimum Gasteiger partial charge on any atom is -0.329 e. The Bertz CT molecular complexity index is 231. The third-order valence-electron chi connectivity index (χ3n) is 4.04. The maximum atomic E-state index is 11.8. The monoisotopic (exact) mass is 215 g/mol. The summed E-state index contributed by atoms with van der Waals surface area (Å²) in [5.74, 6) is 3.53. The third kappa shape index (κ3) is 2.03. The Morgan fingerprint density at radius 3 is 2.71 bits per heavy atom. The second-order valence-corrected chi connectivity index (χ2v) is 6.93. The van der Waals surface area contributed by atoms with Crippen molar-refractivity contribution in [3.8, 4) is 0 Å². The molecule has 3 heteroatoms. The molecule has 0 aromatic heterocycles. The van der Waals surface area contributed by atoms with Crippen LogP contribution in [0.25, 0.3) is 0 Å². The molecule has 2 bridgehead atoms. The second-order valence-electron chi connectivity index (χ2n) is 5.03. The number of hydrogen-bond donors (Lipinski definition) is 1. The van der Waals surface area contributed by atoms with E-state index in [4.69, 9.17) is 5.73 Å². The summed E-state index contributed by atoms with van der Waals surface area (Å²) >= 11 is 0. The molecular formula is C11H21NOS. The summed E-state index contributed by atoms with van der Waals surface area (Å²) in [6, 6.07) is 0. The van der Waals surface area contributed by atoms with Crippen molar-refractivity contribution in [2.24, 2.45) is 23.5 Å². The molecule has 2 N–H and O–H groups in total. The Morgan fingerprint density at radius 1 is 1.43 bits per heavy atom. The molecule has 2 saturated carbocycles. The average Bonchev–Trinajstić information content (AvgIpc) is 2.77. The predicted molar refractivity (Wildman–Crippen MR) is 60.5 cm³/mol. The van der Waals surface area contributed by atoms with Crippen LogP contribution in [-0.4, -0.2) is 21.8 Å². The zero-order valence-electron chi connectivity index (χ0n) is 8.95. The molecule has 0 aromatic rings. The second kappa shape index (κ2) is 4.31. The number of rotatable bonds is 4. The van der Waals surface area contributed by atoms with E-state index in [2.05, 4.69) is 0 Å². The Balaban J connectivity index is 1.84. The molecule has 5 unspecified atom stereocenters. The van der Waals surface area contributed by atoms with Crippen molar-refractivity contribution in [3.63, 3.8) is 0 Å². The number of hydrogen-bond acceptors (Lipinski definition) is 2. The summed E-state index contributed by atoms with van der Waals surface area (Å²) in [6.07, 6.45) is 5.58. The van der Waals surface area contributed by atoms with Crippen molar-refractivity contribution < 1.29 is 4.21 Å². The lowest BCUT2D eigenvalue weighted by Crippen LogP contribution is -2.28. The van der Waals surface area contributed by atoms with Crippen LogP contribution in [-0.2, 0) is 10.8 Å². The first-order valence-corrected chi connectivity index (χ1v) is 7.16. The first kappa shape index (κ1) is 10.6. The third-order valence-corrected chi connectivity index (χ3v) is 5.89. The highest BCUT2D eigenvalue weighted by Gasteiger charge is 2.40. The Kier molecular flexibility index (Phi) is 3.27. The van der Waals surface area contributed by atoms with Crippen LogP contribution < -0.4 is 5.73 Å². The molecule has 0 aliphatic heterocycles. The van der Waals surface area contributed by atoms with Crippen molar-refractivity contribution in [1.29, 1.82) is 0 Å². The van der Waals surface area contributed by atoms with Gasteiger partial charge >= 0.3 is 0 Å². The van der Waals surface area contributed by atoms with Gasteiger partial charge in [0.1, 0.15) is 0 Å². The van der Waals surface area contributed by atoms with Gasteiger partial charge in [0.05, 0.1) is 0 Å². The fraction of sp³-hybridized carbons (Fsp3) is 1.00. The fourth-order valence-electron chi connectivity index (χ4n) is 3.06. The van der Waals surface area contributed by atoms with Crippen LogP contribution in [0.2, 0.25) is 0 Å². The van der Waals surface area contributed by atoms with Crippen LogP contribution >= 0.6 is 0 Å². The van der Waals surface area contributed by atoms with E-state index < -0.39 is 10.8 Å². The molecule has 14 heavy (non-hydrogen) atoms. The summed E-state index contributed by atoms with van der Waals surface area (Å²) in [4.78, 5) is 0. The van der Waals surface area contributed by atoms with Gasteiger partial charge in [-0.25, -0.2) is 0 Å². The zero-order chi connectivity index (χ0) is 10.1. The maximum absolute atomic E-state index is 11.8. The van der Waals surface area contributed by atoms with Gasteiger partial charge in [0.25, 0.3) is 0 Å². The molecular weight excluding hydrogens is 194 g/mol. The van der Waals surface area contributed by atoms with E-state index in [1.165, 1.54) is 25.7 Å². The van der Waals surface area contributed by atoms with Gasteiger partial charge in [-0.15, -0.1) is 0 Å². The quantitative estimate of drug-likeness (QED) is 0.772. The highest BCUT2D eigenvalue weighted by atomic mass is 32.2. The molecule has 2 fully saturated rings. The van der Waals surface area contributed by atoms with Gasteiger partial charge in [-0.3, -0.25) is 4.21 Å². The highest BCUT2D eigenvalue weighted by Crippen LogP contribution is 2.48. The van der Waals surface area contributed by atoms with Gasteiger partial charge in [0.15, 0.2) is 0 Å². The average molecular weight is 215 g/mol. The first-order chi connectivity index (χ1) is 6.70. The van der Waals surface area contributed by atoms with Crippen LogP contribution in [0.5, 0.6) is 0 Å². The van der Waals surface area contributed by atoms with Crippen molar-refractivity contribution >= 4 is 10.8 Å². The summed E-state index contributed by atoms with van der Waals surface area (Å²) in [5, 5.41) is 0.189. The lowest BCUT2D eigenvalue weighted by Gasteiger charge is -2.22. The van der Waals surface area contributed by atoms with E-state index in [9.17, 15) is 4.21 Å². The first-order valence-electron chi connectivity index (χ1n) is 5.78. The van der Waals surface area contributed by atoms with Crippen LogP contribution in [0.4, 0.5) is 0 Å². The van der Waals surface area contributed by atoms with Crippen molar-refractivity contribution in [1.82, 2.24) is 0 Å². The molecule has 0 amide bonds. The predicted octanol–water partition coefficient (Wildman–Crippen LogP) is 1.52. The lowest BCUT2D eigenvalue weighted by molar-refractivity contribution is 0.363. The van der Waals surface area contributed by atoms with E-state index >= 15 is 0 Å². The van der Waals surface area contributed by atoms with Gasteiger partial charge in [-0.05, 0) is 43.9 Å². The Labute approximate surface area is 89.1 Å². The standard InChI is InChI=1S/C11H21NOS/c1-8(6-12)14(13)7-11-5-9-2-3-10(11)4-9/h8-11H,2-7,12H2,1H3. The molecule has 82 valence electrons.